The number of fused-ring (bicyclic) bond motifs is 1. The van der Waals surface area contributed by atoms with Gasteiger partial charge in [-0.15, -0.1) is 0 Å². The molecule has 1 aromatic carbocycles. The van der Waals surface area contributed by atoms with E-state index in [0.717, 1.165) is 56.8 Å². The molecule has 0 aromatic heterocycles. The van der Waals surface area contributed by atoms with Gasteiger partial charge >= 0.3 is 0 Å². The van der Waals surface area contributed by atoms with Gasteiger partial charge in [0.05, 0.1) is 6.04 Å². The summed E-state index contributed by atoms with van der Waals surface area (Å²) in [6.45, 7) is 11.2. The maximum Gasteiger partial charge on any atom is 0.224 e. The number of hydrogen-bond donors (Lipinski definition) is 0. The number of carbonyl (C=O) groups is 1. The highest BCUT2D eigenvalue weighted by Crippen LogP contribution is 2.30. The quantitative estimate of drug-likeness (QED) is 0.846. The predicted molar refractivity (Wildman–Crippen MR) is 93.4 cm³/mol. The van der Waals surface area contributed by atoms with Gasteiger partial charge in [-0.25, -0.2) is 4.39 Å². The van der Waals surface area contributed by atoms with Crippen molar-refractivity contribution in [1.82, 2.24) is 14.7 Å². The molecule has 2 aliphatic rings. The molecule has 0 aliphatic carbocycles. The minimum atomic E-state index is -0.188. The lowest BCUT2D eigenvalue weighted by atomic mass is 9.93. The first-order valence-corrected chi connectivity index (χ1v) is 9.11. The summed E-state index contributed by atoms with van der Waals surface area (Å²) in [5, 5.41) is 0. The Kier molecular flexibility index (Phi) is 5.51. The van der Waals surface area contributed by atoms with Crippen molar-refractivity contribution in [3.8, 4) is 0 Å². The lowest BCUT2D eigenvalue weighted by Crippen LogP contribution is -2.47. The van der Waals surface area contributed by atoms with E-state index in [9.17, 15) is 9.18 Å². The van der Waals surface area contributed by atoms with Crippen LogP contribution >= 0.6 is 0 Å². The lowest BCUT2D eigenvalue weighted by molar-refractivity contribution is -0.134. The summed E-state index contributed by atoms with van der Waals surface area (Å²) in [5.41, 5.74) is 2.13. The molecule has 3 rings (SSSR count). The van der Waals surface area contributed by atoms with E-state index in [1.165, 1.54) is 6.07 Å². The number of benzene rings is 1. The van der Waals surface area contributed by atoms with Crippen molar-refractivity contribution in [2.45, 2.75) is 32.7 Å². The average Bonchev–Trinajstić information content (AvgIpc) is 2.60. The van der Waals surface area contributed by atoms with Crippen molar-refractivity contribution in [3.63, 3.8) is 0 Å². The molecule has 0 spiro atoms. The lowest BCUT2D eigenvalue weighted by Gasteiger charge is -2.37. The van der Waals surface area contributed by atoms with Crippen molar-refractivity contribution < 1.29 is 9.18 Å². The van der Waals surface area contributed by atoms with Crippen molar-refractivity contribution in [2.24, 2.45) is 0 Å². The molecule has 2 heterocycles. The summed E-state index contributed by atoms with van der Waals surface area (Å²) in [6, 6.07) is 4.98. The highest BCUT2D eigenvalue weighted by molar-refractivity contribution is 5.77. The number of hydrogen-bond acceptors (Lipinski definition) is 3. The van der Waals surface area contributed by atoms with E-state index in [-0.39, 0.29) is 17.8 Å². The molecule has 0 N–H and O–H groups in total. The zero-order valence-electron chi connectivity index (χ0n) is 14.8. The molecule has 1 fully saturated rings. The van der Waals surface area contributed by atoms with Crippen LogP contribution in [0.15, 0.2) is 18.2 Å². The van der Waals surface area contributed by atoms with Crippen molar-refractivity contribution in [2.75, 3.05) is 45.8 Å². The fraction of sp³-hybridized carbons (Fsp3) is 0.632. The fourth-order valence-electron chi connectivity index (χ4n) is 3.87. The Morgan fingerprint density at radius 3 is 2.58 bits per heavy atom. The standard InChI is InChI=1S/C19H28FN3O/c1-3-21-10-12-22(13-11-21)8-7-19(24)23-9-6-16-14-17(20)4-5-18(16)15(23)2/h4-5,14-15H,3,6-13H2,1-2H3/t15-/m0/s1. The molecule has 1 atom stereocenters. The summed E-state index contributed by atoms with van der Waals surface area (Å²) in [5.74, 6) is 0.0299. The Morgan fingerprint density at radius 2 is 1.88 bits per heavy atom. The minimum Gasteiger partial charge on any atom is -0.336 e. The monoisotopic (exact) mass is 333 g/mol. The largest absolute Gasteiger partial charge is 0.336 e. The van der Waals surface area contributed by atoms with Gasteiger partial charge in [-0.3, -0.25) is 4.79 Å². The molecule has 1 amide bonds. The van der Waals surface area contributed by atoms with Gasteiger partial charge in [-0.2, -0.15) is 0 Å². The van der Waals surface area contributed by atoms with Crippen LogP contribution in [0.2, 0.25) is 0 Å². The van der Waals surface area contributed by atoms with Gasteiger partial charge in [-0.1, -0.05) is 13.0 Å². The summed E-state index contributed by atoms with van der Waals surface area (Å²) in [4.78, 5) is 19.5. The van der Waals surface area contributed by atoms with Gasteiger partial charge in [0.2, 0.25) is 5.91 Å². The Morgan fingerprint density at radius 1 is 1.17 bits per heavy atom. The number of likely N-dealkylation sites (N-methyl/N-ethyl adjacent to an activating group) is 1. The molecular weight excluding hydrogens is 305 g/mol. The molecule has 0 unspecified atom stereocenters. The van der Waals surface area contributed by atoms with Gasteiger partial charge in [-0.05, 0) is 43.1 Å². The third kappa shape index (κ3) is 3.78. The first-order valence-electron chi connectivity index (χ1n) is 9.11. The minimum absolute atomic E-state index is 0.0405. The van der Waals surface area contributed by atoms with Gasteiger partial charge in [0.25, 0.3) is 0 Å². The highest BCUT2D eigenvalue weighted by Gasteiger charge is 2.28. The zero-order valence-corrected chi connectivity index (χ0v) is 14.8. The molecule has 132 valence electrons. The van der Waals surface area contributed by atoms with E-state index in [0.29, 0.717) is 13.0 Å². The Hall–Kier alpha value is -1.46. The second-order valence-electron chi connectivity index (χ2n) is 6.88. The number of halogens is 1. The van der Waals surface area contributed by atoms with Crippen LogP contribution < -0.4 is 0 Å². The number of piperazine rings is 1. The van der Waals surface area contributed by atoms with Crippen molar-refractivity contribution in [1.29, 1.82) is 0 Å². The molecule has 2 aliphatic heterocycles. The van der Waals surface area contributed by atoms with Gasteiger partial charge in [0, 0.05) is 45.7 Å². The van der Waals surface area contributed by atoms with Crippen LogP contribution in [-0.2, 0) is 11.2 Å². The number of rotatable bonds is 4. The van der Waals surface area contributed by atoms with Crippen molar-refractivity contribution >= 4 is 5.91 Å². The van der Waals surface area contributed by atoms with Crippen molar-refractivity contribution in [3.05, 3.63) is 35.1 Å². The molecule has 1 saturated heterocycles. The predicted octanol–water partition coefficient (Wildman–Crippen LogP) is 2.30. The first kappa shape index (κ1) is 17.4. The van der Waals surface area contributed by atoms with E-state index >= 15 is 0 Å². The normalized spacial score (nSPS) is 22.5. The second kappa shape index (κ2) is 7.62. The topological polar surface area (TPSA) is 26.8 Å². The van der Waals surface area contributed by atoms with E-state index in [1.807, 2.05) is 17.9 Å². The van der Waals surface area contributed by atoms with Gasteiger partial charge in [0.1, 0.15) is 5.82 Å². The average molecular weight is 333 g/mol. The number of amides is 1. The maximum atomic E-state index is 13.4. The Labute approximate surface area is 144 Å². The SMILES string of the molecule is CCN1CCN(CCC(=O)N2CCc3cc(F)ccc3[C@@H]2C)CC1. The number of nitrogens with zero attached hydrogens (tertiary/aromatic N) is 3. The van der Waals surface area contributed by atoms with E-state index < -0.39 is 0 Å². The molecule has 5 heteroatoms. The smallest absolute Gasteiger partial charge is 0.224 e. The molecule has 0 saturated carbocycles. The van der Waals surface area contributed by atoms with Crippen LogP contribution in [0.3, 0.4) is 0 Å². The first-order chi connectivity index (χ1) is 11.6. The van der Waals surface area contributed by atoms with E-state index in [1.54, 1.807) is 6.07 Å². The van der Waals surface area contributed by atoms with E-state index in [2.05, 4.69) is 16.7 Å². The molecule has 1 aromatic rings. The van der Waals surface area contributed by atoms with E-state index in [4.69, 9.17) is 0 Å². The highest BCUT2D eigenvalue weighted by atomic mass is 19.1. The van der Waals surface area contributed by atoms with Crippen LogP contribution in [0, 0.1) is 5.82 Å². The third-order valence-electron chi connectivity index (χ3n) is 5.52. The van der Waals surface area contributed by atoms with Crippen LogP contribution in [0.1, 0.15) is 37.4 Å². The number of carbonyl (C=O) groups excluding carboxylic acids is 1. The molecular formula is C19H28FN3O. The van der Waals surface area contributed by atoms with Gasteiger partial charge < -0.3 is 14.7 Å². The molecule has 0 radical (unpaired) electrons. The van der Waals surface area contributed by atoms with Crippen LogP contribution in [0.4, 0.5) is 4.39 Å². The summed E-state index contributed by atoms with van der Waals surface area (Å²) >= 11 is 0. The summed E-state index contributed by atoms with van der Waals surface area (Å²) in [6.07, 6.45) is 1.32. The fourth-order valence-corrected chi connectivity index (χ4v) is 3.87. The molecule has 24 heavy (non-hydrogen) atoms. The summed E-state index contributed by atoms with van der Waals surface area (Å²) in [7, 11) is 0. The second-order valence-corrected chi connectivity index (χ2v) is 6.88. The molecule has 0 bridgehead atoms. The molecule has 4 nitrogen and oxygen atoms in total. The summed E-state index contributed by atoms with van der Waals surface area (Å²) < 4.78 is 13.4. The Balaban J connectivity index is 1.53. The van der Waals surface area contributed by atoms with Crippen LogP contribution in [0.5, 0.6) is 0 Å². The third-order valence-corrected chi connectivity index (χ3v) is 5.52. The van der Waals surface area contributed by atoms with Crippen LogP contribution in [-0.4, -0.2) is 66.4 Å². The maximum absolute atomic E-state index is 13.4. The Bertz CT molecular complexity index is 584. The van der Waals surface area contributed by atoms with Crippen LogP contribution in [0.25, 0.3) is 0 Å². The van der Waals surface area contributed by atoms with Gasteiger partial charge in [0.15, 0.2) is 0 Å². The zero-order chi connectivity index (χ0) is 17.1.